The lowest BCUT2D eigenvalue weighted by Crippen LogP contribution is -2.41. The lowest BCUT2D eigenvalue weighted by molar-refractivity contribution is -0.00567. The number of para-hydroxylation sites is 1. The standard InChI is InChI=1S/C26H29N5O4/c1-17-7-2-3-12-27-23(32)18-8-4-9-19(15-18)24(33)29-26-28-21-11-5-10-20(22(21)31(17)26)25(34)30-13-6-14-35-16-30/h4-5,8-11,15,17H,2-3,6-7,12-14,16H2,1H3,(H,27,32)(H,28,29,33). The molecule has 0 saturated carbocycles. The summed E-state index contributed by atoms with van der Waals surface area (Å²) >= 11 is 0. The zero-order valence-electron chi connectivity index (χ0n) is 19.8. The number of rotatable bonds is 1. The van der Waals surface area contributed by atoms with E-state index >= 15 is 0 Å². The number of ether oxygens (including phenoxy) is 1. The molecular formula is C26H29N5O4. The highest BCUT2D eigenvalue weighted by molar-refractivity contribution is 6.22. The highest BCUT2D eigenvalue weighted by Gasteiger charge is 2.35. The van der Waals surface area contributed by atoms with Crippen LogP contribution in [-0.4, -0.2) is 61.1 Å². The minimum Gasteiger partial charge on any atom is -0.361 e. The Kier molecular flexibility index (Phi) is 6.50. The number of fused-ring (bicyclic) bond motifs is 5. The molecule has 1 unspecified atom stereocenters. The Morgan fingerprint density at radius 1 is 1.09 bits per heavy atom. The summed E-state index contributed by atoms with van der Waals surface area (Å²) < 4.78 is 5.51. The van der Waals surface area contributed by atoms with Gasteiger partial charge in [-0.3, -0.25) is 14.4 Å². The van der Waals surface area contributed by atoms with E-state index in [0.29, 0.717) is 42.3 Å². The van der Waals surface area contributed by atoms with Crippen molar-refractivity contribution in [3.05, 3.63) is 59.2 Å². The van der Waals surface area contributed by atoms with Gasteiger partial charge >= 0.3 is 0 Å². The Balaban J connectivity index is 1.55. The fourth-order valence-electron chi connectivity index (χ4n) is 4.75. The zero-order chi connectivity index (χ0) is 24.4. The third-order valence-electron chi connectivity index (χ3n) is 6.59. The third-order valence-corrected chi connectivity index (χ3v) is 6.59. The Labute approximate surface area is 204 Å². The minimum atomic E-state index is -0.457. The topological polar surface area (TPSA) is 103 Å². The number of nitrogens with zero attached hydrogens (tertiary/aromatic N) is 3. The SMILES string of the molecule is CC1CCCCNC(=O)c2cccc(c2)C(=O)/N=C2\Nc3cccc(C(=O)N4CCCOC4)c3N21. The smallest absolute Gasteiger partial charge is 0.280 e. The van der Waals surface area contributed by atoms with Gasteiger partial charge in [0.1, 0.15) is 6.73 Å². The maximum absolute atomic E-state index is 13.5. The first-order chi connectivity index (χ1) is 17.0. The molecule has 2 bridgehead atoms. The van der Waals surface area contributed by atoms with E-state index in [1.807, 2.05) is 23.1 Å². The highest BCUT2D eigenvalue weighted by Crippen LogP contribution is 2.39. The molecule has 5 rings (SSSR count). The molecule has 2 aromatic rings. The van der Waals surface area contributed by atoms with Crippen molar-refractivity contribution in [2.75, 3.05) is 36.6 Å². The molecule has 1 fully saturated rings. The van der Waals surface area contributed by atoms with Crippen LogP contribution in [0, 0.1) is 0 Å². The predicted octanol–water partition coefficient (Wildman–Crippen LogP) is 3.24. The van der Waals surface area contributed by atoms with Crippen LogP contribution in [0.3, 0.4) is 0 Å². The average molecular weight is 476 g/mol. The van der Waals surface area contributed by atoms with E-state index in [0.717, 1.165) is 37.1 Å². The Bertz CT molecular complexity index is 1190. The van der Waals surface area contributed by atoms with E-state index in [1.165, 1.54) is 0 Å². The van der Waals surface area contributed by atoms with Crippen LogP contribution in [0.25, 0.3) is 0 Å². The summed E-state index contributed by atoms with van der Waals surface area (Å²) in [5.41, 5.74) is 2.78. The predicted molar refractivity (Wildman–Crippen MR) is 133 cm³/mol. The van der Waals surface area contributed by atoms with Crippen molar-refractivity contribution in [3.63, 3.8) is 0 Å². The van der Waals surface area contributed by atoms with E-state index in [1.54, 1.807) is 29.2 Å². The number of nitrogens with one attached hydrogen (secondary N) is 2. The molecule has 2 aromatic carbocycles. The summed E-state index contributed by atoms with van der Waals surface area (Å²) in [5.74, 6) is -0.366. The van der Waals surface area contributed by atoms with E-state index in [4.69, 9.17) is 4.74 Å². The van der Waals surface area contributed by atoms with E-state index in [-0.39, 0.29) is 24.6 Å². The summed E-state index contributed by atoms with van der Waals surface area (Å²) in [7, 11) is 0. The number of anilines is 2. The lowest BCUT2D eigenvalue weighted by Gasteiger charge is -2.30. The monoisotopic (exact) mass is 475 g/mol. The van der Waals surface area contributed by atoms with Gasteiger partial charge < -0.3 is 25.2 Å². The molecule has 9 nitrogen and oxygen atoms in total. The second-order valence-electron chi connectivity index (χ2n) is 9.08. The molecule has 182 valence electrons. The van der Waals surface area contributed by atoms with Crippen LogP contribution in [0.5, 0.6) is 0 Å². The van der Waals surface area contributed by atoms with E-state index in [2.05, 4.69) is 22.5 Å². The second kappa shape index (κ2) is 9.87. The van der Waals surface area contributed by atoms with Crippen LogP contribution in [-0.2, 0) is 4.74 Å². The summed E-state index contributed by atoms with van der Waals surface area (Å²) in [6.45, 7) is 4.19. The van der Waals surface area contributed by atoms with Gasteiger partial charge in [-0.2, -0.15) is 4.99 Å². The fourth-order valence-corrected chi connectivity index (χ4v) is 4.75. The molecule has 0 radical (unpaired) electrons. The van der Waals surface area contributed by atoms with E-state index in [9.17, 15) is 14.4 Å². The molecule has 3 amide bonds. The highest BCUT2D eigenvalue weighted by atomic mass is 16.5. The minimum absolute atomic E-state index is 0.0353. The van der Waals surface area contributed by atoms with Crippen LogP contribution in [0.2, 0.25) is 0 Å². The molecule has 0 aliphatic carbocycles. The van der Waals surface area contributed by atoms with Gasteiger partial charge in [-0.15, -0.1) is 0 Å². The first kappa shape index (κ1) is 23.0. The van der Waals surface area contributed by atoms with Gasteiger partial charge in [-0.25, -0.2) is 0 Å². The molecule has 0 spiro atoms. The van der Waals surface area contributed by atoms with Gasteiger partial charge in [0.05, 0.1) is 23.5 Å². The molecule has 1 saturated heterocycles. The van der Waals surface area contributed by atoms with Crippen molar-refractivity contribution in [2.24, 2.45) is 4.99 Å². The maximum atomic E-state index is 13.5. The van der Waals surface area contributed by atoms with Gasteiger partial charge in [-0.05, 0) is 62.9 Å². The van der Waals surface area contributed by atoms with Crippen LogP contribution in [0.15, 0.2) is 47.5 Å². The van der Waals surface area contributed by atoms with Crippen molar-refractivity contribution in [3.8, 4) is 0 Å². The quantitative estimate of drug-likeness (QED) is 0.656. The first-order valence-electron chi connectivity index (χ1n) is 12.1. The van der Waals surface area contributed by atoms with Crippen molar-refractivity contribution in [1.29, 1.82) is 0 Å². The molecule has 1 atom stereocenters. The van der Waals surface area contributed by atoms with Crippen molar-refractivity contribution in [1.82, 2.24) is 10.2 Å². The molecule has 3 heterocycles. The lowest BCUT2D eigenvalue weighted by atomic mass is 10.1. The Morgan fingerprint density at radius 2 is 1.91 bits per heavy atom. The van der Waals surface area contributed by atoms with Crippen LogP contribution in [0.1, 0.15) is 63.7 Å². The van der Waals surface area contributed by atoms with Crippen LogP contribution < -0.4 is 15.5 Å². The number of carbonyl (C=O) groups is 3. The van der Waals surface area contributed by atoms with Crippen LogP contribution >= 0.6 is 0 Å². The van der Waals surface area contributed by atoms with Gasteiger partial charge in [0.25, 0.3) is 17.7 Å². The fraction of sp³-hybridized carbons (Fsp3) is 0.385. The number of benzene rings is 2. The number of carbonyl (C=O) groups excluding carboxylic acids is 3. The van der Waals surface area contributed by atoms with Gasteiger partial charge in [0.2, 0.25) is 5.96 Å². The normalized spacial score (nSPS) is 22.2. The number of guanidine groups is 1. The summed E-state index contributed by atoms with van der Waals surface area (Å²) in [6.07, 6.45) is 3.28. The molecule has 9 heteroatoms. The Hall–Kier alpha value is -3.72. The van der Waals surface area contributed by atoms with Gasteiger partial charge in [-0.1, -0.05) is 12.1 Å². The molecule has 3 aliphatic heterocycles. The largest absolute Gasteiger partial charge is 0.361 e. The number of aliphatic imine (C=N–C) groups is 1. The number of hydrogen-bond donors (Lipinski definition) is 2. The molecule has 3 aliphatic rings. The maximum Gasteiger partial charge on any atom is 0.280 e. The molecule has 35 heavy (non-hydrogen) atoms. The second-order valence-corrected chi connectivity index (χ2v) is 9.08. The summed E-state index contributed by atoms with van der Waals surface area (Å²) in [6, 6.07) is 12.1. The van der Waals surface area contributed by atoms with Gasteiger partial charge in [0.15, 0.2) is 0 Å². The molecule has 2 N–H and O–H groups in total. The number of amides is 3. The Morgan fingerprint density at radius 3 is 2.74 bits per heavy atom. The number of hydrogen-bond acceptors (Lipinski definition) is 6. The van der Waals surface area contributed by atoms with Gasteiger partial charge in [0, 0.05) is 30.3 Å². The van der Waals surface area contributed by atoms with Crippen molar-refractivity contribution >= 4 is 35.1 Å². The van der Waals surface area contributed by atoms with E-state index < -0.39 is 5.91 Å². The van der Waals surface area contributed by atoms with Crippen molar-refractivity contribution < 1.29 is 19.1 Å². The molecule has 0 aromatic heterocycles. The average Bonchev–Trinajstić information content (AvgIpc) is 3.26. The van der Waals surface area contributed by atoms with Crippen LogP contribution in [0.4, 0.5) is 11.4 Å². The zero-order valence-corrected chi connectivity index (χ0v) is 19.8. The molecular weight excluding hydrogens is 446 g/mol. The summed E-state index contributed by atoms with van der Waals surface area (Å²) in [4.78, 5) is 47.2. The summed E-state index contributed by atoms with van der Waals surface area (Å²) in [5, 5.41) is 6.19. The third kappa shape index (κ3) is 4.64. The van der Waals surface area contributed by atoms with Crippen molar-refractivity contribution in [2.45, 2.75) is 38.6 Å². The first-order valence-corrected chi connectivity index (χ1v) is 12.1.